The third-order valence-corrected chi connectivity index (χ3v) is 7.83. The lowest BCUT2D eigenvalue weighted by Crippen LogP contribution is -2.56. The van der Waals surface area contributed by atoms with E-state index in [0.717, 1.165) is 22.3 Å². The van der Waals surface area contributed by atoms with Crippen LogP contribution in [0.15, 0.2) is 72.8 Å². The molecule has 44 heavy (non-hydrogen) atoms. The van der Waals surface area contributed by atoms with Gasteiger partial charge in [0.05, 0.1) is 6.61 Å². The van der Waals surface area contributed by atoms with E-state index in [2.05, 4.69) is 16.0 Å². The number of hydrogen-bond acceptors (Lipinski definition) is 5. The Morgan fingerprint density at radius 2 is 1.48 bits per heavy atom. The molecule has 0 spiro atoms. The molecule has 0 aromatic heterocycles. The molecule has 7 N–H and O–H groups in total. The minimum atomic E-state index is -1.24. The Kier molecular flexibility index (Phi) is 10.6. The fourth-order valence-electron chi connectivity index (χ4n) is 5.73. The highest BCUT2D eigenvalue weighted by Gasteiger charge is 2.38. The summed E-state index contributed by atoms with van der Waals surface area (Å²) in [5.41, 5.74) is 10.4. The number of nitrogens with two attached hydrogens (primary N) is 1. The largest absolute Gasteiger partial charge is 0.465 e. The van der Waals surface area contributed by atoms with E-state index in [1.54, 1.807) is 38.1 Å². The van der Waals surface area contributed by atoms with Crippen LogP contribution in [0, 0.1) is 5.92 Å². The topological polar surface area (TPSA) is 174 Å². The fraction of sp³-hybridized carbons (Fsp3) is 0.333. The highest BCUT2D eigenvalue weighted by molar-refractivity contribution is 5.98. The van der Waals surface area contributed by atoms with E-state index < -0.39 is 41.9 Å². The Labute approximate surface area is 256 Å². The van der Waals surface area contributed by atoms with Gasteiger partial charge in [-0.3, -0.25) is 14.5 Å². The molecule has 1 aliphatic rings. The maximum Gasteiger partial charge on any atom is 0.408 e. The number of fused-ring (bicyclic) bond motifs is 3. The number of nitrogens with zero attached hydrogens (tertiary/aromatic N) is 1. The summed E-state index contributed by atoms with van der Waals surface area (Å²) in [6, 6.07) is 19.5. The van der Waals surface area contributed by atoms with E-state index in [9.17, 15) is 29.4 Å². The second kappa shape index (κ2) is 14.5. The van der Waals surface area contributed by atoms with Crippen molar-refractivity contribution in [3.05, 3.63) is 89.5 Å². The molecule has 11 heteroatoms. The number of hydrogen-bond donors (Lipinski definition) is 6. The van der Waals surface area contributed by atoms with Crippen molar-refractivity contribution >= 4 is 29.6 Å². The number of carboxylic acid groups (broad SMARTS) is 1. The van der Waals surface area contributed by atoms with Crippen LogP contribution in [0.3, 0.4) is 0 Å². The van der Waals surface area contributed by atoms with Gasteiger partial charge in [-0.05, 0) is 58.7 Å². The average Bonchev–Trinajstić information content (AvgIpc) is 3.31. The molecular weight excluding hydrogens is 562 g/mol. The van der Waals surface area contributed by atoms with Crippen molar-refractivity contribution in [3.8, 4) is 11.1 Å². The first kappa shape index (κ1) is 32.0. The van der Waals surface area contributed by atoms with E-state index in [0.29, 0.717) is 17.7 Å². The first-order valence-electron chi connectivity index (χ1n) is 14.6. The lowest BCUT2D eigenvalue weighted by Gasteiger charge is -2.34. The molecular formula is C33H39N5O6. The summed E-state index contributed by atoms with van der Waals surface area (Å²) in [6.45, 7) is 3.64. The van der Waals surface area contributed by atoms with Crippen LogP contribution in [0.1, 0.15) is 49.3 Å². The molecule has 2 atom stereocenters. The molecule has 0 radical (unpaired) electrons. The number of anilines is 1. The van der Waals surface area contributed by atoms with Gasteiger partial charge in [0.15, 0.2) is 0 Å². The molecule has 3 aromatic carbocycles. The van der Waals surface area contributed by atoms with Crippen LogP contribution in [0.25, 0.3) is 11.1 Å². The Hall–Kier alpha value is -4.90. The number of benzene rings is 3. The molecule has 232 valence electrons. The predicted molar refractivity (Wildman–Crippen MR) is 167 cm³/mol. The third-order valence-electron chi connectivity index (χ3n) is 7.83. The zero-order valence-electron chi connectivity index (χ0n) is 24.8. The molecule has 0 unspecified atom stereocenters. The van der Waals surface area contributed by atoms with Crippen molar-refractivity contribution in [3.63, 3.8) is 0 Å². The second-order valence-corrected chi connectivity index (χ2v) is 11.2. The van der Waals surface area contributed by atoms with E-state index in [4.69, 9.17) is 5.73 Å². The third kappa shape index (κ3) is 7.54. The van der Waals surface area contributed by atoms with E-state index >= 15 is 0 Å². The number of rotatable bonds is 13. The first-order valence-corrected chi connectivity index (χ1v) is 14.6. The molecule has 11 nitrogen and oxygen atoms in total. The Balaban J connectivity index is 1.57. The summed E-state index contributed by atoms with van der Waals surface area (Å²) in [6.07, 6.45) is -0.750. The smallest absolute Gasteiger partial charge is 0.408 e. The monoisotopic (exact) mass is 601 g/mol. The molecule has 3 aromatic rings. The quantitative estimate of drug-likeness (QED) is 0.162. The minimum absolute atomic E-state index is 0.0518. The summed E-state index contributed by atoms with van der Waals surface area (Å²) < 4.78 is 0. The SMILES string of the molecule is CC(C)[C@@H](C(=O)N[C@@H](CCCNC(N)=O)C(=O)Nc1ccc(CO)cc1)N(CC1c2ccccc2-c2ccccc21)C(=O)O. The van der Waals surface area contributed by atoms with Crippen molar-refractivity contribution in [1.82, 2.24) is 15.5 Å². The van der Waals surface area contributed by atoms with Crippen LogP contribution < -0.4 is 21.7 Å². The number of urea groups is 1. The van der Waals surface area contributed by atoms with Crippen molar-refractivity contribution in [2.24, 2.45) is 11.7 Å². The zero-order chi connectivity index (χ0) is 31.8. The molecule has 0 saturated heterocycles. The summed E-state index contributed by atoms with van der Waals surface area (Å²) in [4.78, 5) is 52.3. The van der Waals surface area contributed by atoms with Crippen molar-refractivity contribution in [1.29, 1.82) is 0 Å². The van der Waals surface area contributed by atoms with Gasteiger partial charge in [-0.2, -0.15) is 0 Å². The lowest BCUT2D eigenvalue weighted by molar-refractivity contribution is -0.131. The number of amides is 5. The molecule has 0 heterocycles. The predicted octanol–water partition coefficient (Wildman–Crippen LogP) is 3.87. The molecule has 5 amide bonds. The van der Waals surface area contributed by atoms with Gasteiger partial charge in [-0.15, -0.1) is 0 Å². The molecule has 0 saturated carbocycles. The van der Waals surface area contributed by atoms with E-state index in [1.807, 2.05) is 48.5 Å². The number of carbonyl (C=O) groups is 4. The van der Waals surface area contributed by atoms with E-state index in [-0.39, 0.29) is 32.0 Å². The van der Waals surface area contributed by atoms with Gasteiger partial charge in [0, 0.05) is 24.7 Å². The van der Waals surface area contributed by atoms with Gasteiger partial charge in [0.2, 0.25) is 11.8 Å². The Morgan fingerprint density at radius 1 is 0.886 bits per heavy atom. The zero-order valence-corrected chi connectivity index (χ0v) is 24.8. The summed E-state index contributed by atoms with van der Waals surface area (Å²) in [5, 5.41) is 27.7. The van der Waals surface area contributed by atoms with Crippen LogP contribution in [0.5, 0.6) is 0 Å². The first-order chi connectivity index (χ1) is 21.1. The average molecular weight is 602 g/mol. The standard InChI is InChI=1S/C33H39N5O6/c1-20(2)29(38(33(43)44)18-27-25-10-5-3-8-23(25)24-9-4-6-11-26(24)27)31(41)37-28(12-7-17-35-32(34)42)30(40)36-22-15-13-21(19-39)14-16-22/h3-6,8-11,13-16,20,27-29,39H,7,12,17-19H2,1-2H3,(H,36,40)(H,37,41)(H,43,44)(H3,34,35,42)/t28-,29-/m0/s1. The number of nitrogens with one attached hydrogen (secondary N) is 3. The van der Waals surface area contributed by atoms with Crippen LogP contribution in [0.4, 0.5) is 15.3 Å². The van der Waals surface area contributed by atoms with Crippen molar-refractivity contribution in [2.45, 2.75) is 51.3 Å². The maximum absolute atomic E-state index is 13.9. The molecule has 1 aliphatic carbocycles. The number of carbonyl (C=O) groups excluding carboxylic acids is 3. The normalized spacial score (nSPS) is 13.4. The van der Waals surface area contributed by atoms with Gasteiger partial charge in [0.1, 0.15) is 12.1 Å². The molecule has 4 rings (SSSR count). The van der Waals surface area contributed by atoms with Crippen molar-refractivity contribution < 1.29 is 29.4 Å². The lowest BCUT2D eigenvalue weighted by atomic mass is 9.93. The number of aliphatic hydroxyl groups is 1. The summed E-state index contributed by atoms with van der Waals surface area (Å²) >= 11 is 0. The van der Waals surface area contributed by atoms with Gasteiger partial charge in [-0.1, -0.05) is 74.5 Å². The van der Waals surface area contributed by atoms with Gasteiger partial charge < -0.3 is 31.9 Å². The molecule has 0 aliphatic heterocycles. The van der Waals surface area contributed by atoms with Crippen LogP contribution in [0.2, 0.25) is 0 Å². The van der Waals surface area contributed by atoms with Crippen LogP contribution in [-0.2, 0) is 16.2 Å². The summed E-state index contributed by atoms with van der Waals surface area (Å²) in [7, 11) is 0. The molecule has 0 fully saturated rings. The minimum Gasteiger partial charge on any atom is -0.465 e. The fourth-order valence-corrected chi connectivity index (χ4v) is 5.73. The van der Waals surface area contributed by atoms with Crippen molar-refractivity contribution in [2.75, 3.05) is 18.4 Å². The van der Waals surface area contributed by atoms with Gasteiger partial charge in [0.25, 0.3) is 0 Å². The summed E-state index contributed by atoms with van der Waals surface area (Å²) in [5.74, 6) is -1.78. The highest BCUT2D eigenvalue weighted by atomic mass is 16.4. The van der Waals surface area contributed by atoms with Crippen LogP contribution in [-0.4, -0.2) is 64.2 Å². The van der Waals surface area contributed by atoms with E-state index in [1.165, 1.54) is 4.90 Å². The Morgan fingerprint density at radius 3 is 2.00 bits per heavy atom. The molecule has 0 bridgehead atoms. The van der Waals surface area contributed by atoms with Gasteiger partial charge >= 0.3 is 12.1 Å². The highest BCUT2D eigenvalue weighted by Crippen LogP contribution is 2.45. The second-order valence-electron chi connectivity index (χ2n) is 11.2. The number of aliphatic hydroxyl groups excluding tert-OH is 1. The van der Waals surface area contributed by atoms with Crippen LogP contribution >= 0.6 is 0 Å². The van der Waals surface area contributed by atoms with Gasteiger partial charge in [-0.25, -0.2) is 9.59 Å². The Bertz CT molecular complexity index is 1450. The maximum atomic E-state index is 13.9. The number of primary amides is 1.